The number of sulfone groups is 1. The van der Waals surface area contributed by atoms with Gasteiger partial charge in [-0.3, -0.25) is 0 Å². The molecule has 1 heterocycles. The van der Waals surface area contributed by atoms with Crippen molar-refractivity contribution < 1.29 is 13.2 Å². The highest BCUT2D eigenvalue weighted by atomic mass is 32.2. The molecule has 2 aromatic rings. The van der Waals surface area contributed by atoms with Crippen LogP contribution in [0.25, 0.3) is 10.9 Å². The van der Waals surface area contributed by atoms with E-state index in [2.05, 4.69) is 10.3 Å². The molecule has 2 rings (SSSR count). The number of aromatic nitrogens is 1. The van der Waals surface area contributed by atoms with Crippen LogP contribution in [0.1, 0.15) is 19.0 Å². The Morgan fingerprint density at radius 3 is 2.73 bits per heavy atom. The Labute approximate surface area is 131 Å². The fraction of sp³-hybridized carbons (Fsp3) is 0.438. The van der Waals surface area contributed by atoms with Gasteiger partial charge in [-0.1, -0.05) is 12.1 Å². The van der Waals surface area contributed by atoms with Crippen LogP contribution in [0.2, 0.25) is 0 Å². The molecule has 1 aromatic carbocycles. The van der Waals surface area contributed by atoms with Gasteiger partial charge in [0.05, 0.1) is 12.9 Å². The molecule has 0 aliphatic rings. The van der Waals surface area contributed by atoms with E-state index in [4.69, 9.17) is 4.74 Å². The second-order valence-electron chi connectivity index (χ2n) is 5.63. The lowest BCUT2D eigenvalue weighted by Gasteiger charge is -2.17. The van der Waals surface area contributed by atoms with Crippen LogP contribution < -0.4 is 10.1 Å². The molecule has 1 N–H and O–H groups in total. The van der Waals surface area contributed by atoms with Crippen molar-refractivity contribution in [2.45, 2.75) is 26.3 Å². The molecule has 0 bridgehead atoms. The summed E-state index contributed by atoms with van der Waals surface area (Å²) in [6.45, 7) is 3.91. The van der Waals surface area contributed by atoms with Crippen LogP contribution >= 0.6 is 0 Å². The summed E-state index contributed by atoms with van der Waals surface area (Å²) >= 11 is 0. The van der Waals surface area contributed by atoms with E-state index in [1.807, 2.05) is 38.1 Å². The number of pyridine rings is 1. The molecule has 0 aliphatic heterocycles. The molecule has 0 spiro atoms. The third-order valence-electron chi connectivity index (χ3n) is 3.47. The number of hydrogen-bond donors (Lipinski definition) is 1. The van der Waals surface area contributed by atoms with Crippen molar-refractivity contribution in [3.63, 3.8) is 0 Å². The van der Waals surface area contributed by atoms with Gasteiger partial charge in [-0.15, -0.1) is 0 Å². The molecule has 6 heteroatoms. The van der Waals surface area contributed by atoms with E-state index < -0.39 is 9.84 Å². The number of ether oxygens (including phenoxy) is 1. The Kier molecular flexibility index (Phi) is 4.90. The van der Waals surface area contributed by atoms with Crippen molar-refractivity contribution in [1.29, 1.82) is 0 Å². The molecule has 1 aromatic heterocycles. The maximum Gasteiger partial charge on any atom is 0.147 e. The number of methoxy groups -OCH3 is 1. The molecule has 0 radical (unpaired) electrons. The van der Waals surface area contributed by atoms with Crippen LogP contribution in [0.5, 0.6) is 5.75 Å². The summed E-state index contributed by atoms with van der Waals surface area (Å²) in [4.78, 5) is 4.54. The third kappa shape index (κ3) is 4.10. The summed E-state index contributed by atoms with van der Waals surface area (Å²) in [5, 5.41) is 4.36. The lowest BCUT2D eigenvalue weighted by Crippen LogP contribution is -2.19. The zero-order valence-corrected chi connectivity index (χ0v) is 14.2. The minimum absolute atomic E-state index is 0.0472. The van der Waals surface area contributed by atoms with Gasteiger partial charge in [0.25, 0.3) is 0 Å². The molecule has 120 valence electrons. The average Bonchev–Trinajstić information content (AvgIpc) is 2.43. The van der Waals surface area contributed by atoms with Crippen molar-refractivity contribution in [3.8, 4) is 5.75 Å². The highest BCUT2D eigenvalue weighted by molar-refractivity contribution is 7.90. The lowest BCUT2D eigenvalue weighted by atomic mass is 10.1. The largest absolute Gasteiger partial charge is 0.494 e. The second-order valence-corrected chi connectivity index (χ2v) is 7.89. The maximum absolute atomic E-state index is 11.3. The summed E-state index contributed by atoms with van der Waals surface area (Å²) < 4.78 is 27.9. The molecular weight excluding hydrogens is 300 g/mol. The van der Waals surface area contributed by atoms with Crippen LogP contribution in [-0.2, 0) is 9.84 Å². The van der Waals surface area contributed by atoms with Gasteiger partial charge in [0.2, 0.25) is 0 Å². The van der Waals surface area contributed by atoms with Gasteiger partial charge in [0, 0.05) is 29.1 Å². The Balaban J connectivity index is 2.31. The summed E-state index contributed by atoms with van der Waals surface area (Å²) in [6.07, 6.45) is 1.82. The van der Waals surface area contributed by atoms with Crippen LogP contribution in [-0.4, -0.2) is 38.6 Å². The van der Waals surface area contributed by atoms with E-state index in [1.54, 1.807) is 7.11 Å². The van der Waals surface area contributed by atoms with Gasteiger partial charge in [-0.05, 0) is 32.4 Å². The smallest absolute Gasteiger partial charge is 0.147 e. The molecule has 0 amide bonds. The molecule has 0 aliphatic carbocycles. The Morgan fingerprint density at radius 2 is 2.09 bits per heavy atom. The summed E-state index contributed by atoms with van der Waals surface area (Å²) in [6, 6.07) is 7.80. The highest BCUT2D eigenvalue weighted by Crippen LogP contribution is 2.30. The SMILES string of the molecule is COc1cccc2c(NC(C)CCS(C)(=O)=O)cc(C)nc12. The van der Waals surface area contributed by atoms with E-state index in [1.165, 1.54) is 6.26 Å². The van der Waals surface area contributed by atoms with Gasteiger partial charge in [0.15, 0.2) is 0 Å². The zero-order chi connectivity index (χ0) is 16.3. The molecular formula is C16H22N2O3S. The minimum Gasteiger partial charge on any atom is -0.494 e. The Bertz CT molecular complexity index is 772. The monoisotopic (exact) mass is 322 g/mol. The third-order valence-corrected chi connectivity index (χ3v) is 4.45. The van der Waals surface area contributed by atoms with Crippen molar-refractivity contribution in [3.05, 3.63) is 30.0 Å². The van der Waals surface area contributed by atoms with Crippen molar-refractivity contribution in [2.24, 2.45) is 0 Å². The van der Waals surface area contributed by atoms with E-state index in [0.29, 0.717) is 6.42 Å². The molecule has 0 fully saturated rings. The fourth-order valence-corrected chi connectivity index (χ4v) is 3.14. The number of fused-ring (bicyclic) bond motifs is 1. The van der Waals surface area contributed by atoms with Crippen molar-refractivity contribution in [2.75, 3.05) is 24.4 Å². The zero-order valence-electron chi connectivity index (χ0n) is 13.4. The number of hydrogen-bond acceptors (Lipinski definition) is 5. The highest BCUT2D eigenvalue weighted by Gasteiger charge is 2.12. The number of rotatable bonds is 6. The molecule has 0 saturated heterocycles. The van der Waals surface area contributed by atoms with Gasteiger partial charge in [0.1, 0.15) is 21.1 Å². The first kappa shape index (κ1) is 16.5. The van der Waals surface area contributed by atoms with Gasteiger partial charge < -0.3 is 10.1 Å². The van der Waals surface area contributed by atoms with Gasteiger partial charge >= 0.3 is 0 Å². The molecule has 0 saturated carbocycles. The summed E-state index contributed by atoms with van der Waals surface area (Å²) in [5.74, 6) is 0.903. The summed E-state index contributed by atoms with van der Waals surface area (Å²) in [5.41, 5.74) is 2.64. The first-order valence-electron chi connectivity index (χ1n) is 7.19. The fourth-order valence-electron chi connectivity index (χ4n) is 2.36. The Hall–Kier alpha value is -1.82. The minimum atomic E-state index is -2.95. The normalized spacial score (nSPS) is 13.1. The predicted octanol–water partition coefficient (Wildman–Crippen LogP) is 2.79. The number of benzene rings is 1. The van der Waals surface area contributed by atoms with Crippen molar-refractivity contribution >= 4 is 26.4 Å². The lowest BCUT2D eigenvalue weighted by molar-refractivity contribution is 0.419. The number of anilines is 1. The molecule has 22 heavy (non-hydrogen) atoms. The van der Waals surface area contributed by atoms with E-state index >= 15 is 0 Å². The van der Waals surface area contributed by atoms with Gasteiger partial charge in [-0.25, -0.2) is 13.4 Å². The number of aryl methyl sites for hydroxylation is 1. The summed E-state index contributed by atoms with van der Waals surface area (Å²) in [7, 11) is -1.32. The van der Waals surface area contributed by atoms with Crippen LogP contribution in [0, 0.1) is 6.92 Å². The standard InChI is InChI=1S/C16H22N2O3S/c1-11(8-9-22(4,19)20)17-14-10-12(2)18-16-13(14)6-5-7-15(16)21-3/h5-7,10-11H,8-9H2,1-4H3,(H,17,18). The van der Waals surface area contributed by atoms with E-state index in [9.17, 15) is 8.42 Å². The van der Waals surface area contributed by atoms with Crippen LogP contribution in [0.3, 0.4) is 0 Å². The van der Waals surface area contributed by atoms with Crippen LogP contribution in [0.15, 0.2) is 24.3 Å². The van der Waals surface area contributed by atoms with Crippen molar-refractivity contribution in [1.82, 2.24) is 4.98 Å². The average molecular weight is 322 g/mol. The first-order chi connectivity index (χ1) is 10.3. The first-order valence-corrected chi connectivity index (χ1v) is 9.25. The van der Waals surface area contributed by atoms with E-state index in [0.717, 1.165) is 28.0 Å². The second kappa shape index (κ2) is 6.52. The Morgan fingerprint density at radius 1 is 1.36 bits per heavy atom. The molecule has 5 nitrogen and oxygen atoms in total. The number of nitrogens with zero attached hydrogens (tertiary/aromatic N) is 1. The quantitative estimate of drug-likeness (QED) is 0.885. The van der Waals surface area contributed by atoms with Crippen LogP contribution in [0.4, 0.5) is 5.69 Å². The maximum atomic E-state index is 11.3. The predicted molar refractivity (Wildman–Crippen MR) is 90.4 cm³/mol. The van der Waals surface area contributed by atoms with E-state index in [-0.39, 0.29) is 11.8 Å². The van der Waals surface area contributed by atoms with Gasteiger partial charge in [-0.2, -0.15) is 0 Å². The molecule has 1 atom stereocenters. The number of para-hydroxylation sites is 1. The topological polar surface area (TPSA) is 68.3 Å². The molecule has 1 unspecified atom stereocenters. The number of nitrogens with one attached hydrogen (secondary N) is 1.